The highest BCUT2D eigenvalue weighted by Crippen LogP contribution is 1.99. The number of hydrogen-bond donors (Lipinski definition) is 2. The Morgan fingerprint density at radius 1 is 0.421 bits per heavy atom. The van der Waals surface area contributed by atoms with Gasteiger partial charge >= 0.3 is 0 Å². The fourth-order valence-corrected chi connectivity index (χ4v) is 2.28. The summed E-state index contributed by atoms with van der Waals surface area (Å²) < 4.78 is 0. The predicted molar refractivity (Wildman–Crippen MR) is 87.9 cm³/mol. The Kier molecular flexibility index (Phi) is 17.8. The summed E-state index contributed by atoms with van der Waals surface area (Å²) >= 11 is 0. The monoisotopic (exact) mass is 270 g/mol. The zero-order chi connectivity index (χ0) is 14.0. The molecular weight excluding hydrogens is 232 g/mol. The van der Waals surface area contributed by atoms with E-state index in [1.54, 1.807) is 0 Å². The van der Waals surface area contributed by atoms with Crippen LogP contribution < -0.4 is 10.6 Å². The van der Waals surface area contributed by atoms with E-state index in [0.717, 1.165) is 0 Å². The molecule has 0 aromatic heterocycles. The molecule has 0 aliphatic carbocycles. The molecule has 0 fully saturated rings. The van der Waals surface area contributed by atoms with Gasteiger partial charge in [0.25, 0.3) is 0 Å². The van der Waals surface area contributed by atoms with Crippen LogP contribution in [0.5, 0.6) is 0 Å². The molecule has 2 heteroatoms. The molecule has 0 saturated carbocycles. The fourth-order valence-electron chi connectivity index (χ4n) is 2.28. The Hall–Kier alpha value is -0.0800. The second-order valence-corrected chi connectivity index (χ2v) is 5.68. The van der Waals surface area contributed by atoms with Crippen LogP contribution in [0.4, 0.5) is 0 Å². The largest absolute Gasteiger partial charge is 0.317 e. The van der Waals surface area contributed by atoms with Crippen molar-refractivity contribution in [1.82, 2.24) is 10.6 Å². The third-order valence-corrected chi connectivity index (χ3v) is 3.62. The highest BCUT2D eigenvalue weighted by molar-refractivity contribution is 4.52. The van der Waals surface area contributed by atoms with Crippen LogP contribution in [0.15, 0.2) is 0 Å². The van der Waals surface area contributed by atoms with Crippen LogP contribution in [0.25, 0.3) is 0 Å². The first-order valence-corrected chi connectivity index (χ1v) is 8.83. The maximum atomic E-state index is 3.55. The van der Waals surface area contributed by atoms with Crippen molar-refractivity contribution in [3.63, 3.8) is 0 Å². The van der Waals surface area contributed by atoms with Crippen LogP contribution in [0.2, 0.25) is 0 Å². The van der Waals surface area contributed by atoms with Crippen LogP contribution in [-0.4, -0.2) is 26.2 Å². The summed E-state index contributed by atoms with van der Waals surface area (Å²) in [7, 11) is 0. The minimum Gasteiger partial charge on any atom is -0.317 e. The van der Waals surface area contributed by atoms with Gasteiger partial charge in [-0.05, 0) is 51.9 Å². The summed E-state index contributed by atoms with van der Waals surface area (Å²) in [4.78, 5) is 0. The van der Waals surface area contributed by atoms with Gasteiger partial charge in [0.1, 0.15) is 0 Å². The number of nitrogens with one attached hydrogen (secondary N) is 2. The summed E-state index contributed by atoms with van der Waals surface area (Å²) in [5.74, 6) is 0. The van der Waals surface area contributed by atoms with Crippen LogP contribution in [0, 0.1) is 0 Å². The van der Waals surface area contributed by atoms with Crippen molar-refractivity contribution in [2.75, 3.05) is 26.2 Å². The lowest BCUT2D eigenvalue weighted by Crippen LogP contribution is -2.17. The van der Waals surface area contributed by atoms with Crippen molar-refractivity contribution in [3.8, 4) is 0 Å². The molecule has 19 heavy (non-hydrogen) atoms. The Bertz CT molecular complexity index is 132. The highest BCUT2D eigenvalue weighted by atomic mass is 14.8. The van der Waals surface area contributed by atoms with Crippen molar-refractivity contribution in [3.05, 3.63) is 0 Å². The Labute approximate surface area is 122 Å². The number of rotatable bonds is 16. The van der Waals surface area contributed by atoms with E-state index in [4.69, 9.17) is 0 Å². The first-order chi connectivity index (χ1) is 9.41. The molecule has 0 amide bonds. The molecule has 0 radical (unpaired) electrons. The summed E-state index contributed by atoms with van der Waals surface area (Å²) in [5, 5.41) is 7.09. The first kappa shape index (κ1) is 18.9. The summed E-state index contributed by atoms with van der Waals surface area (Å²) in [5.41, 5.74) is 0. The standard InChI is InChI=1S/C17H38N2/c1-3-5-7-11-15-19-17-13-9-8-12-16-18-14-10-6-4-2/h18-19H,3-17H2,1-2H3. The predicted octanol–water partition coefficient (Wildman–Crippen LogP) is 4.50. The zero-order valence-electron chi connectivity index (χ0n) is 13.6. The minimum atomic E-state index is 1.22. The van der Waals surface area contributed by atoms with Gasteiger partial charge in [0, 0.05) is 0 Å². The molecule has 0 aliphatic heterocycles. The van der Waals surface area contributed by atoms with Crippen molar-refractivity contribution in [2.24, 2.45) is 0 Å². The topological polar surface area (TPSA) is 24.1 Å². The molecular formula is C17H38N2. The van der Waals surface area contributed by atoms with Crippen molar-refractivity contribution < 1.29 is 0 Å². The summed E-state index contributed by atoms with van der Waals surface area (Å²) in [6, 6.07) is 0. The van der Waals surface area contributed by atoms with Gasteiger partial charge in [-0.3, -0.25) is 0 Å². The molecule has 0 saturated heterocycles. The lowest BCUT2D eigenvalue weighted by Gasteiger charge is -2.05. The molecule has 2 N–H and O–H groups in total. The van der Waals surface area contributed by atoms with Crippen molar-refractivity contribution >= 4 is 0 Å². The molecule has 2 nitrogen and oxygen atoms in total. The molecule has 0 spiro atoms. The van der Waals surface area contributed by atoms with E-state index in [-0.39, 0.29) is 0 Å². The summed E-state index contributed by atoms with van der Waals surface area (Å²) in [6.07, 6.45) is 15.0. The average molecular weight is 271 g/mol. The van der Waals surface area contributed by atoms with Gasteiger partial charge in [0.2, 0.25) is 0 Å². The molecule has 0 bridgehead atoms. The smallest absolute Gasteiger partial charge is 0.00489 e. The maximum absolute atomic E-state index is 3.55. The molecule has 0 aromatic carbocycles. The van der Waals surface area contributed by atoms with Gasteiger partial charge in [-0.15, -0.1) is 0 Å². The van der Waals surface area contributed by atoms with Gasteiger partial charge in [-0.1, -0.05) is 58.8 Å². The Morgan fingerprint density at radius 2 is 0.737 bits per heavy atom. The van der Waals surface area contributed by atoms with Gasteiger partial charge in [-0.25, -0.2) is 0 Å². The molecule has 0 aromatic rings. The minimum absolute atomic E-state index is 1.22. The lowest BCUT2D eigenvalue weighted by atomic mass is 10.2. The van der Waals surface area contributed by atoms with Crippen LogP contribution in [-0.2, 0) is 0 Å². The normalized spacial score (nSPS) is 11.1. The third kappa shape index (κ3) is 17.9. The molecule has 0 rings (SSSR count). The first-order valence-electron chi connectivity index (χ1n) is 8.83. The second-order valence-electron chi connectivity index (χ2n) is 5.68. The van der Waals surface area contributed by atoms with Gasteiger partial charge in [-0.2, -0.15) is 0 Å². The average Bonchev–Trinajstić information content (AvgIpc) is 2.43. The van der Waals surface area contributed by atoms with E-state index in [1.165, 1.54) is 96.8 Å². The van der Waals surface area contributed by atoms with E-state index < -0.39 is 0 Å². The SMILES string of the molecule is CCCCCCNCCCCCCNCCCCC. The Balaban J connectivity index is 2.88. The van der Waals surface area contributed by atoms with Crippen LogP contribution >= 0.6 is 0 Å². The Morgan fingerprint density at radius 3 is 1.16 bits per heavy atom. The second kappa shape index (κ2) is 17.9. The van der Waals surface area contributed by atoms with Gasteiger partial charge in [0.05, 0.1) is 0 Å². The van der Waals surface area contributed by atoms with Crippen molar-refractivity contribution in [1.29, 1.82) is 0 Å². The molecule has 116 valence electrons. The highest BCUT2D eigenvalue weighted by Gasteiger charge is 1.92. The van der Waals surface area contributed by atoms with Gasteiger partial charge in [0.15, 0.2) is 0 Å². The molecule has 0 atom stereocenters. The fraction of sp³-hybridized carbons (Fsp3) is 1.00. The van der Waals surface area contributed by atoms with Crippen molar-refractivity contribution in [2.45, 2.75) is 84.5 Å². The molecule has 0 unspecified atom stereocenters. The third-order valence-electron chi connectivity index (χ3n) is 3.62. The summed E-state index contributed by atoms with van der Waals surface area (Å²) in [6.45, 7) is 9.40. The van der Waals surface area contributed by atoms with Crippen LogP contribution in [0.3, 0.4) is 0 Å². The van der Waals surface area contributed by atoms with Crippen LogP contribution in [0.1, 0.15) is 84.5 Å². The maximum Gasteiger partial charge on any atom is -0.00489 e. The van der Waals surface area contributed by atoms with E-state index in [0.29, 0.717) is 0 Å². The lowest BCUT2D eigenvalue weighted by molar-refractivity contribution is 0.541. The van der Waals surface area contributed by atoms with Gasteiger partial charge < -0.3 is 10.6 Å². The van der Waals surface area contributed by atoms with E-state index in [1.807, 2.05) is 0 Å². The van der Waals surface area contributed by atoms with E-state index in [9.17, 15) is 0 Å². The van der Waals surface area contributed by atoms with E-state index in [2.05, 4.69) is 24.5 Å². The molecule has 0 aliphatic rings. The number of unbranched alkanes of at least 4 members (excludes halogenated alkanes) is 8. The molecule has 0 heterocycles. The number of hydrogen-bond acceptors (Lipinski definition) is 2. The quantitative estimate of drug-likeness (QED) is 0.404. The zero-order valence-corrected chi connectivity index (χ0v) is 13.6. The van der Waals surface area contributed by atoms with E-state index >= 15 is 0 Å².